The fraction of sp³-hybridized carbons (Fsp3) is 0.526. The maximum Gasteiger partial charge on any atom is 0.336 e. The second kappa shape index (κ2) is 6.90. The van der Waals surface area contributed by atoms with Crippen LogP contribution in [0.15, 0.2) is 27.4 Å². The van der Waals surface area contributed by atoms with Crippen molar-refractivity contribution >= 4 is 22.7 Å². The Labute approximate surface area is 146 Å². The molecule has 0 bridgehead atoms. The molecule has 0 spiro atoms. The lowest BCUT2D eigenvalue weighted by Gasteiger charge is -2.39. The molecule has 3 rings (SSSR count). The summed E-state index contributed by atoms with van der Waals surface area (Å²) in [6, 6.07) is 5.72. The monoisotopic (exact) mass is 348 g/mol. The summed E-state index contributed by atoms with van der Waals surface area (Å²) in [5.41, 5.74) is 3.67. The number of ether oxygens (including phenoxy) is 1. The van der Waals surface area contributed by atoms with Crippen LogP contribution in [0.4, 0.5) is 0 Å². The third-order valence-electron chi connectivity index (χ3n) is 4.66. The summed E-state index contributed by atoms with van der Waals surface area (Å²) in [4.78, 5) is 11.9. The summed E-state index contributed by atoms with van der Waals surface area (Å²) in [6.07, 6.45) is 0. The van der Waals surface area contributed by atoms with Crippen LogP contribution >= 0.6 is 11.8 Å². The molecule has 0 atom stereocenters. The zero-order valence-corrected chi connectivity index (χ0v) is 15.2. The van der Waals surface area contributed by atoms with Gasteiger partial charge < -0.3 is 14.3 Å². The molecule has 130 valence electrons. The van der Waals surface area contributed by atoms with E-state index in [9.17, 15) is 9.90 Å². The fourth-order valence-electron chi connectivity index (χ4n) is 3.12. The zero-order chi connectivity index (χ0) is 17.3. The predicted molar refractivity (Wildman–Crippen MR) is 97.8 cm³/mol. The highest BCUT2D eigenvalue weighted by Crippen LogP contribution is 2.34. The Bertz CT molecular complexity index is 784. The van der Waals surface area contributed by atoms with E-state index >= 15 is 0 Å². The Kier molecular flexibility index (Phi) is 5.04. The van der Waals surface area contributed by atoms with Crippen LogP contribution in [0, 0.1) is 12.3 Å². The van der Waals surface area contributed by atoms with Gasteiger partial charge in [0.05, 0.1) is 19.8 Å². The largest absolute Gasteiger partial charge is 0.423 e. The van der Waals surface area contributed by atoms with Crippen LogP contribution in [-0.2, 0) is 10.5 Å². The van der Waals surface area contributed by atoms with E-state index in [1.807, 2.05) is 6.07 Å². The second-order valence-electron chi connectivity index (χ2n) is 7.09. The van der Waals surface area contributed by atoms with E-state index in [2.05, 4.69) is 26.8 Å². The first-order chi connectivity index (χ1) is 11.4. The minimum absolute atomic E-state index is 0.112. The molecule has 1 N–H and O–H groups in total. The smallest absolute Gasteiger partial charge is 0.336 e. The van der Waals surface area contributed by atoms with E-state index in [4.69, 9.17) is 9.15 Å². The van der Waals surface area contributed by atoms with Crippen molar-refractivity contribution in [3.63, 3.8) is 0 Å². The number of fused-ring (bicyclic) bond motifs is 1. The van der Waals surface area contributed by atoms with Crippen molar-refractivity contribution in [1.29, 1.82) is 0 Å². The first-order valence-corrected chi connectivity index (χ1v) is 9.43. The molecule has 0 radical (unpaired) electrons. The molecule has 1 aromatic carbocycles. The molecule has 0 unspecified atom stereocenters. The van der Waals surface area contributed by atoms with Crippen molar-refractivity contribution in [2.24, 2.45) is 5.41 Å². The predicted octanol–water partition coefficient (Wildman–Crippen LogP) is 3.47. The van der Waals surface area contributed by atoms with Crippen molar-refractivity contribution in [2.75, 3.05) is 25.6 Å². The van der Waals surface area contributed by atoms with E-state index in [1.54, 1.807) is 17.8 Å². The highest BCUT2D eigenvalue weighted by atomic mass is 32.2. The third-order valence-corrected chi connectivity index (χ3v) is 5.99. The molecule has 2 aromatic rings. The second-order valence-corrected chi connectivity index (χ2v) is 8.08. The van der Waals surface area contributed by atoms with E-state index in [1.165, 1.54) is 5.56 Å². The summed E-state index contributed by atoms with van der Waals surface area (Å²) in [5, 5.41) is 10.5. The third kappa shape index (κ3) is 3.39. The minimum atomic E-state index is -0.307. The normalized spacial score (nSPS) is 16.5. The number of rotatable bonds is 6. The average Bonchev–Trinajstić information content (AvgIpc) is 2.48. The molecular formula is C19H24O4S. The van der Waals surface area contributed by atoms with Gasteiger partial charge in [0.25, 0.3) is 0 Å². The maximum absolute atomic E-state index is 11.9. The van der Waals surface area contributed by atoms with Gasteiger partial charge in [-0.25, -0.2) is 4.79 Å². The van der Waals surface area contributed by atoms with Gasteiger partial charge in [-0.05, 0) is 41.7 Å². The minimum Gasteiger partial charge on any atom is -0.423 e. The van der Waals surface area contributed by atoms with Gasteiger partial charge >= 0.3 is 5.63 Å². The molecule has 1 aliphatic heterocycles. The lowest BCUT2D eigenvalue weighted by atomic mass is 9.90. The summed E-state index contributed by atoms with van der Waals surface area (Å²) < 4.78 is 10.6. The number of hydrogen-bond donors (Lipinski definition) is 1. The number of benzene rings is 1. The number of aliphatic hydroxyl groups excluding tert-OH is 1. The van der Waals surface area contributed by atoms with Crippen LogP contribution in [0.3, 0.4) is 0 Å². The van der Waals surface area contributed by atoms with Crippen molar-refractivity contribution in [3.8, 4) is 0 Å². The molecule has 0 saturated carbocycles. The van der Waals surface area contributed by atoms with Crippen molar-refractivity contribution in [2.45, 2.75) is 32.4 Å². The fourth-order valence-corrected chi connectivity index (χ4v) is 4.37. The lowest BCUT2D eigenvalue weighted by Crippen LogP contribution is -2.47. The van der Waals surface area contributed by atoms with E-state index in [0.717, 1.165) is 28.0 Å². The zero-order valence-electron chi connectivity index (χ0n) is 14.4. The van der Waals surface area contributed by atoms with Crippen LogP contribution in [0.2, 0.25) is 0 Å². The lowest BCUT2D eigenvalue weighted by molar-refractivity contribution is -0.121. The Morgan fingerprint density at radius 2 is 2.04 bits per heavy atom. The molecule has 1 aliphatic rings. The summed E-state index contributed by atoms with van der Waals surface area (Å²) in [7, 11) is 0. The first-order valence-electron chi connectivity index (χ1n) is 8.28. The highest BCUT2D eigenvalue weighted by Gasteiger charge is 2.37. The number of hydrogen-bond acceptors (Lipinski definition) is 5. The van der Waals surface area contributed by atoms with E-state index in [0.29, 0.717) is 24.7 Å². The van der Waals surface area contributed by atoms with Gasteiger partial charge in [-0.3, -0.25) is 0 Å². The molecule has 1 saturated heterocycles. The van der Waals surface area contributed by atoms with Gasteiger partial charge in [0.1, 0.15) is 5.58 Å². The molecule has 4 nitrogen and oxygen atoms in total. The molecule has 24 heavy (non-hydrogen) atoms. The Morgan fingerprint density at radius 1 is 1.29 bits per heavy atom. The van der Waals surface area contributed by atoms with Crippen LogP contribution in [0.25, 0.3) is 11.0 Å². The quantitative estimate of drug-likeness (QED) is 0.810. The highest BCUT2D eigenvalue weighted by molar-refractivity contribution is 7.98. The molecule has 5 heteroatoms. The van der Waals surface area contributed by atoms with Crippen molar-refractivity contribution in [3.05, 3.63) is 45.3 Å². The Hall–Kier alpha value is -1.30. The summed E-state index contributed by atoms with van der Waals surface area (Å²) >= 11 is 1.74. The van der Waals surface area contributed by atoms with Crippen molar-refractivity contribution < 1.29 is 14.3 Å². The van der Waals surface area contributed by atoms with E-state index in [-0.39, 0.29) is 17.6 Å². The standard InChI is InChI=1S/C19H24O4S/c1-12(2)15-6-16-14(5-18(21)23-17(16)4-13(15)3)7-24-11-19(8-20)9-22-10-19/h4-6,12,20H,7-11H2,1-3H3. The Morgan fingerprint density at radius 3 is 2.62 bits per heavy atom. The van der Waals surface area contributed by atoms with Crippen LogP contribution < -0.4 is 5.63 Å². The molecule has 1 aromatic heterocycles. The molecule has 0 amide bonds. The molecule has 2 heterocycles. The van der Waals surface area contributed by atoms with Crippen LogP contribution in [0.1, 0.15) is 36.5 Å². The average molecular weight is 348 g/mol. The molecular weight excluding hydrogens is 324 g/mol. The Balaban J connectivity index is 1.88. The van der Waals surface area contributed by atoms with E-state index < -0.39 is 0 Å². The van der Waals surface area contributed by atoms with Gasteiger partial charge in [-0.2, -0.15) is 11.8 Å². The van der Waals surface area contributed by atoms with Crippen LogP contribution in [-0.4, -0.2) is 30.7 Å². The van der Waals surface area contributed by atoms with Gasteiger partial charge in [0.15, 0.2) is 0 Å². The maximum atomic E-state index is 11.9. The summed E-state index contributed by atoms with van der Waals surface area (Å²) in [5.74, 6) is 1.98. The molecule has 0 aliphatic carbocycles. The molecule has 1 fully saturated rings. The SMILES string of the molecule is Cc1cc2oc(=O)cc(CSCC3(CO)COC3)c2cc1C(C)C. The number of aryl methyl sites for hydroxylation is 1. The first kappa shape index (κ1) is 17.5. The number of aliphatic hydroxyl groups is 1. The van der Waals surface area contributed by atoms with Gasteiger partial charge in [-0.1, -0.05) is 13.8 Å². The number of thioether (sulfide) groups is 1. The van der Waals surface area contributed by atoms with Crippen LogP contribution in [0.5, 0.6) is 0 Å². The summed E-state index contributed by atoms with van der Waals surface area (Å²) in [6.45, 7) is 7.77. The topological polar surface area (TPSA) is 59.7 Å². The van der Waals surface area contributed by atoms with Gasteiger partial charge in [0.2, 0.25) is 0 Å². The van der Waals surface area contributed by atoms with Gasteiger partial charge in [0, 0.05) is 28.4 Å². The van der Waals surface area contributed by atoms with Crippen molar-refractivity contribution in [1.82, 2.24) is 0 Å². The van der Waals surface area contributed by atoms with Gasteiger partial charge in [-0.15, -0.1) is 0 Å².